The van der Waals surface area contributed by atoms with E-state index in [1.165, 1.54) is 0 Å². The van der Waals surface area contributed by atoms with Crippen molar-refractivity contribution in [2.45, 2.75) is 24.7 Å². The van der Waals surface area contributed by atoms with Crippen molar-refractivity contribution in [3.63, 3.8) is 0 Å². The second-order valence-corrected chi connectivity index (χ2v) is 4.16. The fourth-order valence-electron chi connectivity index (χ4n) is 2.12. The standard InChI is InChI=1S/C13H19NO3/c1-14-11-8-12(13(11)16-3)17-10-6-4-9(15-2)5-7-10/h4-7,11-14H,8H2,1-3H3. The molecule has 94 valence electrons. The molecule has 0 bridgehead atoms. The maximum atomic E-state index is 5.86. The van der Waals surface area contributed by atoms with E-state index >= 15 is 0 Å². The summed E-state index contributed by atoms with van der Waals surface area (Å²) in [4.78, 5) is 0. The van der Waals surface area contributed by atoms with Crippen molar-refractivity contribution in [1.29, 1.82) is 0 Å². The van der Waals surface area contributed by atoms with Crippen molar-refractivity contribution in [3.8, 4) is 11.5 Å². The summed E-state index contributed by atoms with van der Waals surface area (Å²) in [6.07, 6.45) is 1.23. The zero-order valence-corrected chi connectivity index (χ0v) is 10.5. The van der Waals surface area contributed by atoms with Gasteiger partial charge in [-0.1, -0.05) is 0 Å². The lowest BCUT2D eigenvalue weighted by Gasteiger charge is -2.42. The van der Waals surface area contributed by atoms with Crippen LogP contribution in [0.3, 0.4) is 0 Å². The molecule has 0 aromatic heterocycles. The summed E-state index contributed by atoms with van der Waals surface area (Å²) in [6, 6.07) is 8.01. The molecule has 1 saturated carbocycles. The molecule has 3 unspecified atom stereocenters. The third-order valence-corrected chi connectivity index (χ3v) is 3.24. The molecule has 3 atom stereocenters. The fraction of sp³-hybridized carbons (Fsp3) is 0.538. The highest BCUT2D eigenvalue weighted by molar-refractivity contribution is 5.31. The first-order valence-electron chi connectivity index (χ1n) is 5.79. The van der Waals surface area contributed by atoms with Gasteiger partial charge < -0.3 is 19.5 Å². The summed E-state index contributed by atoms with van der Waals surface area (Å²) in [5.74, 6) is 1.69. The molecule has 1 aromatic rings. The van der Waals surface area contributed by atoms with Gasteiger partial charge in [-0.05, 0) is 31.3 Å². The zero-order chi connectivity index (χ0) is 12.3. The van der Waals surface area contributed by atoms with E-state index < -0.39 is 0 Å². The van der Waals surface area contributed by atoms with E-state index in [0.29, 0.717) is 6.04 Å². The largest absolute Gasteiger partial charge is 0.497 e. The van der Waals surface area contributed by atoms with E-state index in [9.17, 15) is 0 Å². The Labute approximate surface area is 102 Å². The number of likely N-dealkylation sites (N-methyl/N-ethyl adjacent to an activating group) is 1. The lowest BCUT2D eigenvalue weighted by atomic mass is 9.85. The monoisotopic (exact) mass is 237 g/mol. The minimum Gasteiger partial charge on any atom is -0.497 e. The van der Waals surface area contributed by atoms with Crippen molar-refractivity contribution < 1.29 is 14.2 Å². The zero-order valence-electron chi connectivity index (χ0n) is 10.5. The highest BCUT2D eigenvalue weighted by Gasteiger charge is 2.42. The summed E-state index contributed by atoms with van der Waals surface area (Å²) >= 11 is 0. The van der Waals surface area contributed by atoms with E-state index in [1.807, 2.05) is 31.3 Å². The van der Waals surface area contributed by atoms with Gasteiger partial charge in [0.1, 0.15) is 23.7 Å². The molecule has 1 aromatic carbocycles. The van der Waals surface area contributed by atoms with Gasteiger partial charge >= 0.3 is 0 Å². The van der Waals surface area contributed by atoms with Crippen LogP contribution in [-0.4, -0.2) is 39.5 Å². The fourth-order valence-corrected chi connectivity index (χ4v) is 2.12. The second-order valence-electron chi connectivity index (χ2n) is 4.16. The maximum absolute atomic E-state index is 5.86. The Balaban J connectivity index is 1.92. The molecule has 17 heavy (non-hydrogen) atoms. The van der Waals surface area contributed by atoms with Gasteiger partial charge in [0, 0.05) is 19.6 Å². The molecule has 1 aliphatic rings. The third kappa shape index (κ3) is 2.53. The first kappa shape index (κ1) is 12.2. The van der Waals surface area contributed by atoms with Gasteiger partial charge in [-0.2, -0.15) is 0 Å². The molecule has 2 rings (SSSR count). The average Bonchev–Trinajstić information content (AvgIpc) is 2.35. The van der Waals surface area contributed by atoms with Gasteiger partial charge in [0.15, 0.2) is 0 Å². The molecule has 1 aliphatic carbocycles. The number of ether oxygens (including phenoxy) is 3. The Hall–Kier alpha value is -1.26. The Bertz CT molecular complexity index is 352. The minimum absolute atomic E-state index is 0.127. The van der Waals surface area contributed by atoms with E-state index in [1.54, 1.807) is 14.2 Å². The molecule has 0 amide bonds. The summed E-state index contributed by atoms with van der Waals surface area (Å²) in [5.41, 5.74) is 0. The number of hydrogen-bond acceptors (Lipinski definition) is 4. The molecule has 0 heterocycles. The smallest absolute Gasteiger partial charge is 0.128 e. The number of rotatable bonds is 5. The topological polar surface area (TPSA) is 39.7 Å². The van der Waals surface area contributed by atoms with Crippen LogP contribution in [0.5, 0.6) is 11.5 Å². The molecular formula is C13H19NO3. The summed E-state index contributed by atoms with van der Waals surface area (Å²) in [5, 5.41) is 3.21. The quantitative estimate of drug-likeness (QED) is 0.841. The van der Waals surface area contributed by atoms with E-state index in [0.717, 1.165) is 17.9 Å². The first-order valence-corrected chi connectivity index (χ1v) is 5.79. The summed E-state index contributed by atoms with van der Waals surface area (Å²) in [6.45, 7) is 0. The van der Waals surface area contributed by atoms with Crippen LogP contribution in [0.4, 0.5) is 0 Å². The highest BCUT2D eigenvalue weighted by Crippen LogP contribution is 2.29. The van der Waals surface area contributed by atoms with Crippen molar-refractivity contribution in [1.82, 2.24) is 5.32 Å². The lowest BCUT2D eigenvalue weighted by Crippen LogP contribution is -2.60. The molecule has 4 nitrogen and oxygen atoms in total. The van der Waals surface area contributed by atoms with Gasteiger partial charge in [-0.15, -0.1) is 0 Å². The maximum Gasteiger partial charge on any atom is 0.128 e. The Morgan fingerprint density at radius 3 is 2.29 bits per heavy atom. The molecule has 0 saturated heterocycles. The van der Waals surface area contributed by atoms with Crippen LogP contribution in [0.2, 0.25) is 0 Å². The molecule has 0 radical (unpaired) electrons. The van der Waals surface area contributed by atoms with Crippen LogP contribution in [0.25, 0.3) is 0 Å². The molecule has 1 fully saturated rings. The van der Waals surface area contributed by atoms with Gasteiger partial charge in [0.2, 0.25) is 0 Å². The molecule has 1 N–H and O–H groups in total. The Morgan fingerprint density at radius 2 is 1.76 bits per heavy atom. The molecular weight excluding hydrogens is 218 g/mol. The van der Waals surface area contributed by atoms with E-state index in [4.69, 9.17) is 14.2 Å². The van der Waals surface area contributed by atoms with Crippen LogP contribution in [0.15, 0.2) is 24.3 Å². The number of nitrogens with one attached hydrogen (secondary N) is 1. The van der Waals surface area contributed by atoms with Crippen molar-refractivity contribution in [2.24, 2.45) is 0 Å². The highest BCUT2D eigenvalue weighted by atomic mass is 16.5. The van der Waals surface area contributed by atoms with Crippen LogP contribution in [-0.2, 0) is 4.74 Å². The Morgan fingerprint density at radius 1 is 1.12 bits per heavy atom. The normalized spacial score (nSPS) is 27.4. The summed E-state index contributed by atoms with van der Waals surface area (Å²) < 4.78 is 16.4. The summed E-state index contributed by atoms with van der Waals surface area (Å²) in [7, 11) is 5.32. The van der Waals surface area contributed by atoms with Crippen molar-refractivity contribution >= 4 is 0 Å². The lowest BCUT2D eigenvalue weighted by molar-refractivity contribution is -0.0869. The number of hydrogen-bond donors (Lipinski definition) is 1. The predicted octanol–water partition coefficient (Wildman–Crippen LogP) is 1.45. The van der Waals surface area contributed by atoms with Gasteiger partial charge in [0.05, 0.1) is 7.11 Å². The van der Waals surface area contributed by atoms with Crippen molar-refractivity contribution in [2.75, 3.05) is 21.3 Å². The van der Waals surface area contributed by atoms with Crippen LogP contribution >= 0.6 is 0 Å². The SMILES string of the molecule is CNC1CC(Oc2ccc(OC)cc2)C1OC. The van der Waals surface area contributed by atoms with E-state index in [-0.39, 0.29) is 12.2 Å². The molecule has 0 spiro atoms. The molecule has 4 heteroatoms. The van der Waals surface area contributed by atoms with Gasteiger partial charge in [0.25, 0.3) is 0 Å². The minimum atomic E-state index is 0.127. The predicted molar refractivity (Wildman–Crippen MR) is 65.7 cm³/mol. The third-order valence-electron chi connectivity index (χ3n) is 3.24. The van der Waals surface area contributed by atoms with E-state index in [2.05, 4.69) is 5.32 Å². The number of methoxy groups -OCH3 is 2. The van der Waals surface area contributed by atoms with Crippen LogP contribution in [0.1, 0.15) is 6.42 Å². The van der Waals surface area contributed by atoms with Crippen LogP contribution in [0, 0.1) is 0 Å². The van der Waals surface area contributed by atoms with Crippen LogP contribution < -0.4 is 14.8 Å². The van der Waals surface area contributed by atoms with Crippen molar-refractivity contribution in [3.05, 3.63) is 24.3 Å². The first-order chi connectivity index (χ1) is 8.28. The van der Waals surface area contributed by atoms with Gasteiger partial charge in [-0.3, -0.25) is 0 Å². The Kier molecular flexibility index (Phi) is 3.86. The molecule has 0 aliphatic heterocycles. The number of benzene rings is 1. The average molecular weight is 237 g/mol. The second kappa shape index (κ2) is 5.38. The van der Waals surface area contributed by atoms with Gasteiger partial charge in [-0.25, -0.2) is 0 Å².